The second-order valence-corrected chi connectivity index (χ2v) is 4.88. The van der Waals surface area contributed by atoms with Crippen LogP contribution in [0.1, 0.15) is 11.1 Å². The molecule has 0 aliphatic rings. The monoisotopic (exact) mass is 321 g/mol. The zero-order valence-corrected chi connectivity index (χ0v) is 12.4. The van der Waals surface area contributed by atoms with Crippen LogP contribution >= 0.6 is 0 Å². The summed E-state index contributed by atoms with van der Waals surface area (Å²) in [5, 5.41) is 11.2. The predicted molar refractivity (Wildman–Crippen MR) is 80.9 cm³/mol. The third-order valence-corrected chi connectivity index (χ3v) is 3.17. The maximum atomic E-state index is 13.5. The number of aliphatic hydroxyl groups excluding tert-OH is 1. The van der Waals surface area contributed by atoms with Gasteiger partial charge in [0.05, 0.1) is 18.6 Å². The fourth-order valence-electron chi connectivity index (χ4n) is 1.97. The molecule has 0 unspecified atom stereocenters. The van der Waals surface area contributed by atoms with Crippen molar-refractivity contribution < 1.29 is 23.4 Å². The maximum absolute atomic E-state index is 13.5. The van der Waals surface area contributed by atoms with Crippen molar-refractivity contribution in [3.05, 3.63) is 65.2 Å². The van der Waals surface area contributed by atoms with Gasteiger partial charge in [-0.05, 0) is 29.8 Å². The number of amides is 1. The molecule has 0 spiro atoms. The van der Waals surface area contributed by atoms with Gasteiger partial charge in [0.25, 0.3) is 0 Å². The molecule has 0 saturated carbocycles. The van der Waals surface area contributed by atoms with E-state index in [1.807, 2.05) is 0 Å². The van der Waals surface area contributed by atoms with Gasteiger partial charge in [-0.25, -0.2) is 8.78 Å². The van der Waals surface area contributed by atoms with Gasteiger partial charge in [-0.15, -0.1) is 0 Å². The quantitative estimate of drug-likeness (QED) is 0.822. The van der Waals surface area contributed by atoms with E-state index in [2.05, 4.69) is 5.32 Å². The molecule has 0 aromatic heterocycles. The Kier molecular flexibility index (Phi) is 6.05. The number of halogens is 2. The molecule has 0 bridgehead atoms. The van der Waals surface area contributed by atoms with Gasteiger partial charge in [0.2, 0.25) is 5.91 Å². The number of nitrogens with one attached hydrogen (secondary N) is 1. The minimum Gasteiger partial charge on any atom is -0.489 e. The highest BCUT2D eigenvalue weighted by atomic mass is 19.1. The Balaban J connectivity index is 1.91. The van der Waals surface area contributed by atoms with Crippen LogP contribution in [0.5, 0.6) is 5.75 Å². The predicted octanol–water partition coefficient (Wildman–Crippen LogP) is 2.19. The molecule has 2 rings (SSSR count). The van der Waals surface area contributed by atoms with Crippen LogP contribution in [0.2, 0.25) is 0 Å². The van der Waals surface area contributed by atoms with Crippen molar-refractivity contribution >= 4 is 5.91 Å². The van der Waals surface area contributed by atoms with Crippen molar-refractivity contribution in [2.75, 3.05) is 13.2 Å². The minimum atomic E-state index is -0.651. The maximum Gasteiger partial charge on any atom is 0.224 e. The average Bonchev–Trinajstić information content (AvgIpc) is 2.54. The Bertz CT molecular complexity index is 639. The fourth-order valence-corrected chi connectivity index (χ4v) is 1.97. The molecule has 23 heavy (non-hydrogen) atoms. The van der Waals surface area contributed by atoms with E-state index in [9.17, 15) is 13.6 Å². The number of aliphatic hydroxyl groups is 1. The second-order valence-electron chi connectivity index (χ2n) is 4.88. The summed E-state index contributed by atoms with van der Waals surface area (Å²) in [6.45, 7) is -0.103. The van der Waals surface area contributed by atoms with Gasteiger partial charge >= 0.3 is 0 Å². The van der Waals surface area contributed by atoms with E-state index >= 15 is 0 Å². The van der Waals surface area contributed by atoms with Crippen LogP contribution < -0.4 is 10.1 Å². The molecule has 0 aliphatic carbocycles. The Hall–Kier alpha value is -2.47. The molecule has 4 nitrogen and oxygen atoms in total. The first-order chi connectivity index (χ1) is 11.1. The van der Waals surface area contributed by atoms with E-state index in [1.54, 1.807) is 24.3 Å². The highest BCUT2D eigenvalue weighted by Gasteiger charge is 2.09. The lowest BCUT2D eigenvalue weighted by molar-refractivity contribution is -0.120. The first kappa shape index (κ1) is 16.9. The largest absolute Gasteiger partial charge is 0.489 e. The van der Waals surface area contributed by atoms with E-state index in [4.69, 9.17) is 9.84 Å². The fraction of sp³-hybridized carbons (Fsp3) is 0.235. The van der Waals surface area contributed by atoms with E-state index in [0.29, 0.717) is 5.75 Å². The van der Waals surface area contributed by atoms with Crippen molar-refractivity contribution in [2.45, 2.75) is 13.0 Å². The van der Waals surface area contributed by atoms with E-state index in [1.165, 1.54) is 18.2 Å². The first-order valence-electron chi connectivity index (χ1n) is 7.12. The van der Waals surface area contributed by atoms with Crippen LogP contribution in [-0.2, 0) is 17.8 Å². The van der Waals surface area contributed by atoms with Crippen molar-refractivity contribution in [2.24, 2.45) is 0 Å². The minimum absolute atomic E-state index is 0.106. The topological polar surface area (TPSA) is 58.6 Å². The number of hydrogen-bond acceptors (Lipinski definition) is 3. The van der Waals surface area contributed by atoms with Crippen LogP contribution in [0.25, 0.3) is 0 Å². The van der Waals surface area contributed by atoms with Crippen LogP contribution in [0.4, 0.5) is 8.78 Å². The van der Waals surface area contributed by atoms with E-state index in [0.717, 1.165) is 5.56 Å². The Morgan fingerprint density at radius 3 is 2.35 bits per heavy atom. The number of carbonyl (C=O) groups excluding carboxylic acids is 1. The van der Waals surface area contributed by atoms with Gasteiger partial charge in [-0.1, -0.05) is 18.2 Å². The Morgan fingerprint density at radius 2 is 1.74 bits per heavy atom. The third-order valence-electron chi connectivity index (χ3n) is 3.17. The van der Waals surface area contributed by atoms with Crippen LogP contribution in [0.3, 0.4) is 0 Å². The molecule has 0 fully saturated rings. The average molecular weight is 321 g/mol. The molecule has 0 atom stereocenters. The summed E-state index contributed by atoms with van der Waals surface area (Å²) in [5.41, 5.74) is 0.643. The van der Waals surface area contributed by atoms with Gasteiger partial charge in [0, 0.05) is 6.54 Å². The third kappa shape index (κ3) is 5.03. The molecule has 0 aliphatic heterocycles. The Morgan fingerprint density at radius 1 is 1.09 bits per heavy atom. The van der Waals surface area contributed by atoms with Gasteiger partial charge in [-0.2, -0.15) is 0 Å². The second kappa shape index (κ2) is 8.24. The van der Waals surface area contributed by atoms with Crippen molar-refractivity contribution in [1.82, 2.24) is 5.32 Å². The molecule has 0 radical (unpaired) electrons. The van der Waals surface area contributed by atoms with Gasteiger partial charge in [0.15, 0.2) is 0 Å². The van der Waals surface area contributed by atoms with Crippen LogP contribution in [0.15, 0.2) is 42.5 Å². The number of rotatable bonds is 7. The van der Waals surface area contributed by atoms with E-state index in [-0.39, 0.29) is 37.6 Å². The first-order valence-corrected chi connectivity index (χ1v) is 7.12. The standard InChI is InChI=1S/C17H17F2NO3/c18-15-2-1-3-16(19)14(15)11-23-13-6-4-12(5-7-13)10-17(22)20-8-9-21/h1-7,21H,8-11H2,(H,20,22). The summed E-state index contributed by atoms with van der Waals surface area (Å²) in [4.78, 5) is 11.5. The molecular formula is C17H17F2NO3. The van der Waals surface area contributed by atoms with Gasteiger partial charge in [0.1, 0.15) is 24.0 Å². The molecule has 1 amide bonds. The summed E-state index contributed by atoms with van der Waals surface area (Å²) >= 11 is 0. The lowest BCUT2D eigenvalue weighted by atomic mass is 10.1. The normalized spacial score (nSPS) is 10.4. The molecule has 0 heterocycles. The summed E-state index contributed by atoms with van der Waals surface area (Å²) in [6.07, 6.45) is 0.183. The number of carbonyl (C=O) groups is 1. The zero-order chi connectivity index (χ0) is 16.7. The van der Waals surface area contributed by atoms with Crippen molar-refractivity contribution in [1.29, 1.82) is 0 Å². The van der Waals surface area contributed by atoms with Crippen molar-refractivity contribution in [3.8, 4) is 5.75 Å². The molecule has 2 aromatic rings. The van der Waals surface area contributed by atoms with Crippen LogP contribution in [0, 0.1) is 11.6 Å². The number of ether oxygens (including phenoxy) is 1. The zero-order valence-electron chi connectivity index (χ0n) is 12.4. The van der Waals surface area contributed by atoms with E-state index < -0.39 is 11.6 Å². The number of benzene rings is 2. The van der Waals surface area contributed by atoms with Crippen molar-refractivity contribution in [3.63, 3.8) is 0 Å². The summed E-state index contributed by atoms with van der Waals surface area (Å²) in [7, 11) is 0. The molecule has 122 valence electrons. The lowest BCUT2D eigenvalue weighted by Gasteiger charge is -2.09. The van der Waals surface area contributed by atoms with Gasteiger partial charge in [-0.3, -0.25) is 4.79 Å². The highest BCUT2D eigenvalue weighted by Crippen LogP contribution is 2.17. The molecular weight excluding hydrogens is 304 g/mol. The molecule has 2 N–H and O–H groups in total. The molecule has 2 aromatic carbocycles. The Labute approximate surface area is 132 Å². The molecule has 0 saturated heterocycles. The lowest BCUT2D eigenvalue weighted by Crippen LogP contribution is -2.27. The summed E-state index contributed by atoms with van der Waals surface area (Å²) in [5.74, 6) is -1.04. The smallest absolute Gasteiger partial charge is 0.224 e. The number of hydrogen-bond donors (Lipinski definition) is 2. The highest BCUT2D eigenvalue weighted by molar-refractivity contribution is 5.78. The molecule has 6 heteroatoms. The SMILES string of the molecule is O=C(Cc1ccc(OCc2c(F)cccc2F)cc1)NCCO. The summed E-state index contributed by atoms with van der Waals surface area (Å²) < 4.78 is 32.3. The van der Waals surface area contributed by atoms with Gasteiger partial charge < -0.3 is 15.2 Å². The summed E-state index contributed by atoms with van der Waals surface area (Å²) in [6, 6.07) is 10.3. The van der Waals surface area contributed by atoms with Crippen LogP contribution in [-0.4, -0.2) is 24.2 Å².